The van der Waals surface area contributed by atoms with Crippen LogP contribution in [0.2, 0.25) is 18.1 Å². The van der Waals surface area contributed by atoms with Gasteiger partial charge in [-0.2, -0.15) is 5.26 Å². The quantitative estimate of drug-likeness (QED) is 0.475. The average Bonchev–Trinajstić information content (AvgIpc) is 2.21. The van der Waals surface area contributed by atoms with Crippen LogP contribution in [0.5, 0.6) is 0 Å². The first-order valence-electron chi connectivity index (χ1n) is 6.33. The number of nitrogens with zero attached hydrogens (tertiary/aromatic N) is 1. The van der Waals surface area contributed by atoms with E-state index in [9.17, 15) is 4.79 Å². The molecule has 0 unspecified atom stereocenters. The van der Waals surface area contributed by atoms with Crippen molar-refractivity contribution in [1.29, 1.82) is 5.26 Å². The Morgan fingerprint density at radius 3 is 2.11 bits per heavy atom. The van der Waals surface area contributed by atoms with Gasteiger partial charge in [-0.1, -0.05) is 40.7 Å². The second-order valence-corrected chi connectivity index (χ2v) is 11.8. The van der Waals surface area contributed by atoms with E-state index in [-0.39, 0.29) is 10.6 Å². The van der Waals surface area contributed by atoms with E-state index in [1.165, 1.54) is 6.08 Å². The van der Waals surface area contributed by atoms with Crippen LogP contribution in [-0.4, -0.2) is 26.0 Å². The molecule has 0 aromatic carbocycles. The van der Waals surface area contributed by atoms with Crippen LogP contribution in [0, 0.1) is 16.7 Å². The van der Waals surface area contributed by atoms with Crippen molar-refractivity contribution in [1.82, 2.24) is 0 Å². The first kappa shape index (κ1) is 17.9. The van der Waals surface area contributed by atoms with Gasteiger partial charge in [0, 0.05) is 12.0 Å². The molecule has 0 rings (SSSR count). The molecule has 19 heavy (non-hydrogen) atoms. The van der Waals surface area contributed by atoms with Gasteiger partial charge in [-0.3, -0.25) is 0 Å². The SMILES string of the molecule is CC(C)(/C=C(\C#N)C(=O)O)CO[Si](C)(C)C(C)(C)C. The molecule has 0 bridgehead atoms. The minimum atomic E-state index is -1.86. The normalized spacial score (nSPS) is 14.1. The van der Waals surface area contributed by atoms with Crippen molar-refractivity contribution in [3.05, 3.63) is 11.6 Å². The Bertz CT molecular complexity index is 411. The van der Waals surface area contributed by atoms with Crippen LogP contribution in [0.4, 0.5) is 0 Å². The number of hydrogen-bond donors (Lipinski definition) is 1. The molecule has 0 aromatic heterocycles. The Morgan fingerprint density at radius 2 is 1.79 bits per heavy atom. The third-order valence-electron chi connectivity index (χ3n) is 3.50. The first-order chi connectivity index (χ1) is 8.32. The molecular formula is C14H25NO3Si. The van der Waals surface area contributed by atoms with Crippen LogP contribution in [0.25, 0.3) is 0 Å². The second-order valence-electron chi connectivity index (χ2n) is 7.01. The van der Waals surface area contributed by atoms with Gasteiger partial charge in [0.15, 0.2) is 8.32 Å². The maximum atomic E-state index is 10.8. The van der Waals surface area contributed by atoms with E-state index in [0.29, 0.717) is 6.61 Å². The molecule has 0 atom stereocenters. The fourth-order valence-corrected chi connectivity index (χ4v) is 2.32. The van der Waals surface area contributed by atoms with Crippen LogP contribution >= 0.6 is 0 Å². The lowest BCUT2D eigenvalue weighted by Gasteiger charge is -2.38. The lowest BCUT2D eigenvalue weighted by atomic mass is 9.92. The molecule has 0 heterocycles. The van der Waals surface area contributed by atoms with Gasteiger partial charge in [-0.15, -0.1) is 0 Å². The summed E-state index contributed by atoms with van der Waals surface area (Å²) in [5, 5.41) is 17.8. The standard InChI is InChI=1S/C14H25NO3Si/c1-13(2,3)19(6,7)18-10-14(4,5)8-11(9-15)12(16)17/h8H,10H2,1-7H3,(H,16,17)/b11-8+. The van der Waals surface area contributed by atoms with Crippen molar-refractivity contribution >= 4 is 14.3 Å². The summed E-state index contributed by atoms with van der Waals surface area (Å²) >= 11 is 0. The number of nitriles is 1. The molecule has 0 amide bonds. The van der Waals surface area contributed by atoms with Gasteiger partial charge in [0.05, 0.1) is 0 Å². The number of hydrogen-bond acceptors (Lipinski definition) is 3. The predicted octanol–water partition coefficient (Wildman–Crippen LogP) is 3.57. The molecular weight excluding hydrogens is 258 g/mol. The third kappa shape index (κ3) is 5.58. The van der Waals surface area contributed by atoms with Crippen LogP contribution < -0.4 is 0 Å². The Labute approximate surface area is 117 Å². The maximum absolute atomic E-state index is 10.8. The van der Waals surface area contributed by atoms with E-state index < -0.39 is 19.7 Å². The molecule has 0 aliphatic heterocycles. The molecule has 4 nitrogen and oxygen atoms in total. The summed E-state index contributed by atoms with van der Waals surface area (Å²) in [6, 6.07) is 1.70. The van der Waals surface area contributed by atoms with Gasteiger partial charge in [0.2, 0.25) is 0 Å². The number of rotatable bonds is 5. The summed E-state index contributed by atoms with van der Waals surface area (Å²) in [6.45, 7) is 14.9. The van der Waals surface area contributed by atoms with E-state index in [2.05, 4.69) is 33.9 Å². The molecule has 0 saturated heterocycles. The number of carbonyl (C=O) groups is 1. The summed E-state index contributed by atoms with van der Waals surface area (Å²) < 4.78 is 6.08. The Hall–Kier alpha value is -1.12. The molecule has 1 N–H and O–H groups in total. The molecule has 0 aliphatic rings. The van der Waals surface area contributed by atoms with Crippen molar-refractivity contribution in [2.75, 3.05) is 6.61 Å². The van der Waals surface area contributed by atoms with Crippen LogP contribution in [0.1, 0.15) is 34.6 Å². The molecule has 5 heteroatoms. The average molecular weight is 283 g/mol. The number of carboxylic acid groups (broad SMARTS) is 1. The minimum Gasteiger partial charge on any atom is -0.477 e. The first-order valence-corrected chi connectivity index (χ1v) is 9.23. The monoisotopic (exact) mass is 283 g/mol. The number of carboxylic acids is 1. The lowest BCUT2D eigenvalue weighted by molar-refractivity contribution is -0.132. The summed E-state index contributed by atoms with van der Waals surface area (Å²) in [5.41, 5.74) is -0.706. The predicted molar refractivity (Wildman–Crippen MR) is 78.3 cm³/mol. The highest BCUT2D eigenvalue weighted by Gasteiger charge is 2.38. The topological polar surface area (TPSA) is 70.3 Å². The molecule has 0 fully saturated rings. The van der Waals surface area contributed by atoms with E-state index in [1.54, 1.807) is 6.07 Å². The Morgan fingerprint density at radius 1 is 1.32 bits per heavy atom. The number of aliphatic carboxylic acids is 1. The van der Waals surface area contributed by atoms with Gasteiger partial charge in [-0.25, -0.2) is 4.79 Å². The summed E-state index contributed by atoms with van der Waals surface area (Å²) in [6.07, 6.45) is 1.47. The summed E-state index contributed by atoms with van der Waals surface area (Å²) in [4.78, 5) is 10.8. The van der Waals surface area contributed by atoms with Gasteiger partial charge in [0.25, 0.3) is 0 Å². The zero-order chi connectivity index (χ0) is 15.5. The van der Waals surface area contributed by atoms with E-state index in [4.69, 9.17) is 14.8 Å². The van der Waals surface area contributed by atoms with E-state index in [0.717, 1.165) is 0 Å². The maximum Gasteiger partial charge on any atom is 0.346 e. The zero-order valence-corrected chi connectivity index (χ0v) is 14.0. The fraction of sp³-hybridized carbons (Fsp3) is 0.714. The highest BCUT2D eigenvalue weighted by Crippen LogP contribution is 2.37. The van der Waals surface area contributed by atoms with Gasteiger partial charge in [-0.05, 0) is 18.1 Å². The minimum absolute atomic E-state index is 0.109. The molecule has 0 aromatic rings. The summed E-state index contributed by atoms with van der Waals surface area (Å²) in [7, 11) is -1.86. The van der Waals surface area contributed by atoms with Gasteiger partial charge < -0.3 is 9.53 Å². The molecule has 0 spiro atoms. The second kappa shape index (κ2) is 5.89. The molecule has 0 aliphatic carbocycles. The molecule has 108 valence electrons. The van der Waals surface area contributed by atoms with Gasteiger partial charge >= 0.3 is 5.97 Å². The smallest absolute Gasteiger partial charge is 0.346 e. The third-order valence-corrected chi connectivity index (χ3v) is 7.98. The Balaban J connectivity index is 4.92. The Kier molecular flexibility index (Phi) is 5.54. The molecule has 0 saturated carbocycles. The lowest BCUT2D eigenvalue weighted by Crippen LogP contribution is -2.43. The zero-order valence-electron chi connectivity index (χ0n) is 13.0. The molecule has 0 radical (unpaired) electrons. The van der Waals surface area contributed by atoms with Crippen molar-refractivity contribution in [3.8, 4) is 6.07 Å². The van der Waals surface area contributed by atoms with Crippen molar-refractivity contribution in [2.45, 2.75) is 52.8 Å². The fourth-order valence-electron chi connectivity index (χ4n) is 1.16. The van der Waals surface area contributed by atoms with Gasteiger partial charge in [0.1, 0.15) is 11.6 Å². The highest BCUT2D eigenvalue weighted by molar-refractivity contribution is 6.74. The van der Waals surface area contributed by atoms with Crippen LogP contribution in [0.3, 0.4) is 0 Å². The van der Waals surface area contributed by atoms with Crippen LogP contribution in [0.15, 0.2) is 11.6 Å². The van der Waals surface area contributed by atoms with Crippen molar-refractivity contribution < 1.29 is 14.3 Å². The largest absolute Gasteiger partial charge is 0.477 e. The highest BCUT2D eigenvalue weighted by atomic mass is 28.4. The van der Waals surface area contributed by atoms with Crippen molar-refractivity contribution in [3.63, 3.8) is 0 Å². The van der Waals surface area contributed by atoms with Crippen molar-refractivity contribution in [2.24, 2.45) is 5.41 Å². The van der Waals surface area contributed by atoms with E-state index >= 15 is 0 Å². The van der Waals surface area contributed by atoms with Crippen LogP contribution in [-0.2, 0) is 9.22 Å². The van der Waals surface area contributed by atoms with E-state index in [1.807, 2.05) is 13.8 Å². The summed E-state index contributed by atoms with van der Waals surface area (Å²) in [5.74, 6) is -1.19.